The Hall–Kier alpha value is -1.82. The molecule has 0 aliphatic heterocycles. The summed E-state index contributed by atoms with van der Waals surface area (Å²) in [5, 5.41) is 17.1. The molecular weight excluding hydrogens is 256 g/mol. The van der Waals surface area contributed by atoms with Crippen LogP contribution in [0.1, 0.15) is 19.8 Å². The molecule has 0 bridgehead atoms. The summed E-state index contributed by atoms with van der Waals surface area (Å²) in [5.41, 5.74) is 1.64. The molecule has 1 aromatic carbocycles. The number of nitrogens with zero attached hydrogens (tertiary/aromatic N) is 2. The Morgan fingerprint density at radius 3 is 2.60 bits per heavy atom. The maximum absolute atomic E-state index is 10.9. The fourth-order valence-corrected chi connectivity index (χ4v) is 2.35. The minimum Gasteiger partial charge on any atom is -0.388 e. The number of hydrogen-bond acceptors (Lipinski definition) is 5. The van der Waals surface area contributed by atoms with Gasteiger partial charge in [-0.05, 0) is 25.5 Å². The molecule has 1 fully saturated rings. The van der Waals surface area contributed by atoms with E-state index in [2.05, 4.69) is 22.5 Å². The van der Waals surface area contributed by atoms with E-state index in [-0.39, 0.29) is 10.6 Å². The second-order valence-electron chi connectivity index (χ2n) is 5.06. The van der Waals surface area contributed by atoms with E-state index in [9.17, 15) is 10.1 Å². The van der Waals surface area contributed by atoms with E-state index in [1.54, 1.807) is 13.1 Å². The quantitative estimate of drug-likeness (QED) is 0.565. The van der Waals surface area contributed by atoms with Crippen LogP contribution in [0.4, 0.5) is 17.1 Å². The molecule has 0 heterocycles. The number of nitrogens with one attached hydrogen (secondary N) is 2. The molecule has 2 rings (SSSR count). The minimum atomic E-state index is -0.367. The Labute approximate surface area is 119 Å². The van der Waals surface area contributed by atoms with Crippen LogP contribution in [0.15, 0.2) is 18.2 Å². The van der Waals surface area contributed by atoms with Crippen LogP contribution in [0.5, 0.6) is 0 Å². The van der Waals surface area contributed by atoms with Gasteiger partial charge >= 0.3 is 0 Å². The monoisotopic (exact) mass is 278 g/mol. The van der Waals surface area contributed by atoms with E-state index >= 15 is 0 Å². The summed E-state index contributed by atoms with van der Waals surface area (Å²) in [6.45, 7) is 5.00. The maximum atomic E-state index is 10.9. The molecule has 0 unspecified atom stereocenters. The average molecular weight is 278 g/mol. The Morgan fingerprint density at radius 2 is 2.05 bits per heavy atom. The van der Waals surface area contributed by atoms with Crippen molar-refractivity contribution in [2.45, 2.75) is 25.8 Å². The van der Waals surface area contributed by atoms with Crippen molar-refractivity contribution in [2.24, 2.45) is 0 Å². The lowest BCUT2D eigenvalue weighted by Gasteiger charge is -2.20. The molecule has 0 atom stereocenters. The van der Waals surface area contributed by atoms with Gasteiger partial charge in [-0.15, -0.1) is 0 Å². The van der Waals surface area contributed by atoms with Crippen molar-refractivity contribution in [3.63, 3.8) is 0 Å². The van der Waals surface area contributed by atoms with Crippen molar-refractivity contribution in [2.75, 3.05) is 37.3 Å². The predicted octanol–water partition coefficient (Wildman–Crippen LogP) is 2.53. The molecule has 0 radical (unpaired) electrons. The lowest BCUT2D eigenvalue weighted by atomic mass is 10.2. The zero-order chi connectivity index (χ0) is 14.5. The highest BCUT2D eigenvalue weighted by Crippen LogP contribution is 2.26. The summed E-state index contributed by atoms with van der Waals surface area (Å²) in [4.78, 5) is 13.0. The first-order valence-electron chi connectivity index (χ1n) is 7.09. The number of likely N-dealkylation sites (N-methyl/N-ethyl adjacent to an activating group) is 1. The third-order valence-electron chi connectivity index (χ3n) is 3.61. The van der Waals surface area contributed by atoms with Crippen LogP contribution >= 0.6 is 0 Å². The van der Waals surface area contributed by atoms with Gasteiger partial charge in [0, 0.05) is 49.7 Å². The van der Waals surface area contributed by atoms with Gasteiger partial charge in [0.25, 0.3) is 5.69 Å². The van der Waals surface area contributed by atoms with E-state index in [1.807, 2.05) is 6.07 Å². The van der Waals surface area contributed by atoms with Crippen molar-refractivity contribution in [3.8, 4) is 0 Å². The number of rotatable bonds is 8. The van der Waals surface area contributed by atoms with Gasteiger partial charge in [-0.1, -0.05) is 6.92 Å². The number of nitro benzene ring substituents is 1. The van der Waals surface area contributed by atoms with Crippen LogP contribution in [0.2, 0.25) is 0 Å². The number of benzene rings is 1. The fourth-order valence-electron chi connectivity index (χ4n) is 2.35. The largest absolute Gasteiger partial charge is 0.388 e. The number of non-ortho nitro benzene ring substituents is 1. The average Bonchev–Trinajstić information content (AvgIpc) is 3.27. The smallest absolute Gasteiger partial charge is 0.273 e. The topological polar surface area (TPSA) is 70.4 Å². The Morgan fingerprint density at radius 1 is 1.35 bits per heavy atom. The van der Waals surface area contributed by atoms with Crippen molar-refractivity contribution < 1.29 is 4.92 Å². The van der Waals surface area contributed by atoms with E-state index < -0.39 is 0 Å². The molecular formula is C14H22N4O2. The van der Waals surface area contributed by atoms with Gasteiger partial charge in [0.15, 0.2) is 0 Å². The van der Waals surface area contributed by atoms with Gasteiger partial charge < -0.3 is 10.6 Å². The standard InChI is InChI=1S/C14H22N4O2/c1-3-17(13-4-5-13)7-6-16-12-8-11(15-2)9-14(10-12)18(19)20/h8-10,13,15-16H,3-7H2,1-2H3. The summed E-state index contributed by atoms with van der Waals surface area (Å²) in [6.07, 6.45) is 2.60. The van der Waals surface area contributed by atoms with Gasteiger partial charge in [-0.25, -0.2) is 0 Å². The molecule has 2 N–H and O–H groups in total. The Bertz CT molecular complexity index is 474. The first-order chi connectivity index (χ1) is 9.63. The summed E-state index contributed by atoms with van der Waals surface area (Å²) >= 11 is 0. The Kier molecular flexibility index (Phi) is 4.79. The molecule has 6 heteroatoms. The number of hydrogen-bond donors (Lipinski definition) is 2. The first-order valence-corrected chi connectivity index (χ1v) is 7.09. The van der Waals surface area contributed by atoms with Crippen LogP contribution in [0.25, 0.3) is 0 Å². The SMILES string of the molecule is CCN(CCNc1cc(NC)cc([N+](=O)[O-])c1)C1CC1. The van der Waals surface area contributed by atoms with Crippen molar-refractivity contribution in [3.05, 3.63) is 28.3 Å². The normalized spacial score (nSPS) is 14.3. The maximum Gasteiger partial charge on any atom is 0.273 e. The molecule has 0 aromatic heterocycles. The van der Waals surface area contributed by atoms with E-state index in [1.165, 1.54) is 18.9 Å². The van der Waals surface area contributed by atoms with E-state index in [0.717, 1.165) is 37.1 Å². The summed E-state index contributed by atoms with van der Waals surface area (Å²) < 4.78 is 0. The lowest BCUT2D eigenvalue weighted by molar-refractivity contribution is -0.384. The van der Waals surface area contributed by atoms with Crippen molar-refractivity contribution in [1.29, 1.82) is 0 Å². The molecule has 20 heavy (non-hydrogen) atoms. The van der Waals surface area contributed by atoms with Crippen LogP contribution in [-0.4, -0.2) is 42.5 Å². The number of nitro groups is 1. The molecule has 0 saturated heterocycles. The zero-order valence-electron chi connectivity index (χ0n) is 12.1. The predicted molar refractivity (Wildman–Crippen MR) is 81.4 cm³/mol. The molecule has 1 aromatic rings. The highest BCUT2D eigenvalue weighted by Gasteiger charge is 2.27. The number of anilines is 2. The van der Waals surface area contributed by atoms with Gasteiger partial charge in [-0.2, -0.15) is 0 Å². The minimum absolute atomic E-state index is 0.105. The van der Waals surface area contributed by atoms with Gasteiger partial charge in [0.2, 0.25) is 0 Å². The van der Waals surface area contributed by atoms with Gasteiger partial charge in [-0.3, -0.25) is 15.0 Å². The van der Waals surface area contributed by atoms with Crippen LogP contribution in [0.3, 0.4) is 0 Å². The van der Waals surface area contributed by atoms with E-state index in [0.29, 0.717) is 0 Å². The molecule has 0 spiro atoms. The van der Waals surface area contributed by atoms with Crippen LogP contribution < -0.4 is 10.6 Å². The van der Waals surface area contributed by atoms with Gasteiger partial charge in [0.1, 0.15) is 0 Å². The molecule has 110 valence electrons. The lowest BCUT2D eigenvalue weighted by Crippen LogP contribution is -2.30. The van der Waals surface area contributed by atoms with Crippen LogP contribution in [-0.2, 0) is 0 Å². The molecule has 6 nitrogen and oxygen atoms in total. The second kappa shape index (κ2) is 6.56. The molecule has 1 saturated carbocycles. The molecule has 1 aliphatic carbocycles. The van der Waals surface area contributed by atoms with Crippen molar-refractivity contribution in [1.82, 2.24) is 4.90 Å². The Balaban J connectivity index is 1.94. The highest BCUT2D eigenvalue weighted by atomic mass is 16.6. The highest BCUT2D eigenvalue weighted by molar-refractivity contribution is 5.63. The fraction of sp³-hybridized carbons (Fsp3) is 0.571. The summed E-state index contributed by atoms with van der Waals surface area (Å²) in [7, 11) is 1.76. The van der Waals surface area contributed by atoms with Gasteiger partial charge in [0.05, 0.1) is 4.92 Å². The zero-order valence-corrected chi connectivity index (χ0v) is 12.1. The summed E-state index contributed by atoms with van der Waals surface area (Å²) in [6, 6.07) is 5.75. The summed E-state index contributed by atoms with van der Waals surface area (Å²) in [5.74, 6) is 0. The first kappa shape index (κ1) is 14.6. The third kappa shape index (κ3) is 3.84. The molecule has 1 aliphatic rings. The third-order valence-corrected chi connectivity index (χ3v) is 3.61. The molecule has 0 amide bonds. The van der Waals surface area contributed by atoms with E-state index in [4.69, 9.17) is 0 Å². The second-order valence-corrected chi connectivity index (χ2v) is 5.06. The van der Waals surface area contributed by atoms with Crippen LogP contribution in [0, 0.1) is 10.1 Å². The van der Waals surface area contributed by atoms with Crippen molar-refractivity contribution >= 4 is 17.1 Å².